The number of benzene rings is 1. The molecule has 0 aliphatic carbocycles. The second-order valence-electron chi connectivity index (χ2n) is 4.57. The van der Waals surface area contributed by atoms with Gasteiger partial charge in [0.25, 0.3) is 0 Å². The monoisotopic (exact) mass is 247 g/mol. The Hall–Kier alpha value is -1.84. The number of hydrogen-bond donors (Lipinski definition) is 1. The van der Waals surface area contributed by atoms with Gasteiger partial charge < -0.3 is 10.0 Å². The van der Waals surface area contributed by atoms with Crippen LogP contribution in [0.2, 0.25) is 0 Å². The van der Waals surface area contributed by atoms with Gasteiger partial charge in [-0.3, -0.25) is 4.79 Å². The third kappa shape index (κ3) is 2.88. The van der Waals surface area contributed by atoms with Crippen molar-refractivity contribution in [2.75, 3.05) is 6.54 Å². The van der Waals surface area contributed by atoms with Crippen LogP contribution in [0.25, 0.3) is 0 Å². The smallest absolute Gasteiger partial charge is 0.326 e. The first kappa shape index (κ1) is 12.6. The van der Waals surface area contributed by atoms with E-state index in [9.17, 15) is 9.59 Å². The average molecular weight is 247 g/mol. The molecule has 0 aromatic heterocycles. The number of likely N-dealkylation sites (tertiary alicyclic amines) is 1. The molecule has 1 fully saturated rings. The largest absolute Gasteiger partial charge is 0.480 e. The molecule has 2 rings (SSSR count). The maximum absolute atomic E-state index is 12.0. The van der Waals surface area contributed by atoms with E-state index in [-0.39, 0.29) is 5.91 Å². The van der Waals surface area contributed by atoms with Crippen molar-refractivity contribution in [3.63, 3.8) is 0 Å². The topological polar surface area (TPSA) is 57.6 Å². The second kappa shape index (κ2) is 5.67. The molecule has 1 aromatic carbocycles. The lowest BCUT2D eigenvalue weighted by atomic mass is 10.1. The molecule has 1 amide bonds. The van der Waals surface area contributed by atoms with Crippen molar-refractivity contribution >= 4 is 11.9 Å². The molecule has 4 nitrogen and oxygen atoms in total. The van der Waals surface area contributed by atoms with Gasteiger partial charge in [-0.05, 0) is 24.8 Å². The molecule has 1 heterocycles. The molecule has 96 valence electrons. The molecule has 0 saturated carbocycles. The summed E-state index contributed by atoms with van der Waals surface area (Å²) in [5.74, 6) is -0.940. The summed E-state index contributed by atoms with van der Waals surface area (Å²) in [4.78, 5) is 24.5. The van der Waals surface area contributed by atoms with Crippen LogP contribution in [0.3, 0.4) is 0 Å². The molecular formula is C14H17NO3. The van der Waals surface area contributed by atoms with Gasteiger partial charge in [-0.2, -0.15) is 0 Å². The van der Waals surface area contributed by atoms with Crippen LogP contribution in [-0.4, -0.2) is 34.5 Å². The molecular weight excluding hydrogens is 230 g/mol. The number of carbonyl (C=O) groups excluding carboxylic acids is 1. The normalized spacial score (nSPS) is 18.9. The van der Waals surface area contributed by atoms with Crippen LogP contribution in [0.1, 0.15) is 24.8 Å². The second-order valence-corrected chi connectivity index (χ2v) is 4.57. The van der Waals surface area contributed by atoms with E-state index < -0.39 is 12.0 Å². The summed E-state index contributed by atoms with van der Waals surface area (Å²) in [6.07, 6.45) is 2.41. The fraction of sp³-hybridized carbons (Fsp3) is 0.429. The number of hydrogen-bond acceptors (Lipinski definition) is 2. The number of carbonyl (C=O) groups is 2. The summed E-state index contributed by atoms with van der Waals surface area (Å²) in [6.45, 7) is 0.574. The summed E-state index contributed by atoms with van der Waals surface area (Å²) in [7, 11) is 0. The van der Waals surface area contributed by atoms with Gasteiger partial charge in [0, 0.05) is 13.0 Å². The third-order valence-corrected chi connectivity index (χ3v) is 3.33. The van der Waals surface area contributed by atoms with Gasteiger partial charge >= 0.3 is 5.97 Å². The molecule has 1 saturated heterocycles. The predicted octanol–water partition coefficient (Wildman–Crippen LogP) is 1.69. The molecule has 4 heteroatoms. The number of aliphatic carboxylic acids is 1. The van der Waals surface area contributed by atoms with Crippen LogP contribution in [0.4, 0.5) is 0 Å². The average Bonchev–Trinajstić information content (AvgIpc) is 2.86. The zero-order valence-corrected chi connectivity index (χ0v) is 10.2. The van der Waals surface area contributed by atoms with E-state index in [0.29, 0.717) is 25.8 Å². The minimum absolute atomic E-state index is 0.0521. The number of carboxylic acid groups (broad SMARTS) is 1. The van der Waals surface area contributed by atoms with Gasteiger partial charge in [-0.25, -0.2) is 4.79 Å². The molecule has 0 spiro atoms. The van der Waals surface area contributed by atoms with Crippen molar-refractivity contribution in [1.29, 1.82) is 0 Å². The fourth-order valence-electron chi connectivity index (χ4n) is 2.36. The van der Waals surface area contributed by atoms with Crippen LogP contribution >= 0.6 is 0 Å². The summed E-state index contributed by atoms with van der Waals surface area (Å²) in [5, 5.41) is 9.02. The van der Waals surface area contributed by atoms with E-state index in [2.05, 4.69) is 0 Å². The van der Waals surface area contributed by atoms with Crippen molar-refractivity contribution in [1.82, 2.24) is 4.90 Å². The zero-order chi connectivity index (χ0) is 13.0. The molecule has 1 N–H and O–H groups in total. The Morgan fingerprint density at radius 3 is 2.67 bits per heavy atom. The predicted molar refractivity (Wildman–Crippen MR) is 67.1 cm³/mol. The van der Waals surface area contributed by atoms with Crippen LogP contribution in [-0.2, 0) is 16.0 Å². The van der Waals surface area contributed by atoms with E-state index in [4.69, 9.17) is 5.11 Å². The van der Waals surface area contributed by atoms with Gasteiger partial charge in [0.1, 0.15) is 6.04 Å². The molecule has 1 aromatic rings. The molecule has 0 bridgehead atoms. The van der Waals surface area contributed by atoms with Crippen molar-refractivity contribution < 1.29 is 14.7 Å². The molecule has 1 aliphatic rings. The summed E-state index contributed by atoms with van der Waals surface area (Å²) in [5.41, 5.74) is 1.11. The van der Waals surface area contributed by atoms with Crippen LogP contribution in [0, 0.1) is 0 Å². The van der Waals surface area contributed by atoms with Gasteiger partial charge in [0.05, 0.1) is 0 Å². The summed E-state index contributed by atoms with van der Waals surface area (Å²) >= 11 is 0. The molecule has 1 aliphatic heterocycles. The Kier molecular flexibility index (Phi) is 3.97. The maximum Gasteiger partial charge on any atom is 0.326 e. The highest BCUT2D eigenvalue weighted by molar-refractivity contribution is 5.84. The first-order chi connectivity index (χ1) is 8.68. The number of nitrogens with zero attached hydrogens (tertiary/aromatic N) is 1. The van der Waals surface area contributed by atoms with Gasteiger partial charge in [0.15, 0.2) is 0 Å². The van der Waals surface area contributed by atoms with Gasteiger partial charge in [0.2, 0.25) is 5.91 Å². The van der Waals surface area contributed by atoms with Crippen LogP contribution in [0.15, 0.2) is 30.3 Å². The number of amides is 1. The van der Waals surface area contributed by atoms with Crippen LogP contribution in [0.5, 0.6) is 0 Å². The summed E-state index contributed by atoms with van der Waals surface area (Å²) < 4.78 is 0. The SMILES string of the molecule is O=C(O)[C@@H]1CCCN1C(=O)CCc1ccccc1. The van der Waals surface area contributed by atoms with E-state index in [1.807, 2.05) is 30.3 Å². The van der Waals surface area contributed by atoms with E-state index in [1.165, 1.54) is 4.90 Å². The molecule has 0 unspecified atom stereocenters. The highest BCUT2D eigenvalue weighted by Crippen LogP contribution is 2.19. The standard InChI is InChI=1S/C14H17NO3/c16-13(9-8-11-5-2-1-3-6-11)15-10-4-7-12(15)14(17)18/h1-3,5-6,12H,4,7-10H2,(H,17,18)/t12-/m0/s1. The van der Waals surface area contributed by atoms with Crippen molar-refractivity contribution in [3.05, 3.63) is 35.9 Å². The number of aryl methyl sites for hydroxylation is 1. The van der Waals surface area contributed by atoms with Crippen LogP contribution < -0.4 is 0 Å². The molecule has 18 heavy (non-hydrogen) atoms. The Labute approximate surface area is 106 Å². The van der Waals surface area contributed by atoms with E-state index >= 15 is 0 Å². The lowest BCUT2D eigenvalue weighted by Gasteiger charge is -2.21. The quantitative estimate of drug-likeness (QED) is 0.881. The van der Waals surface area contributed by atoms with Gasteiger partial charge in [-0.1, -0.05) is 30.3 Å². The number of rotatable bonds is 4. The maximum atomic E-state index is 12.0. The Morgan fingerprint density at radius 2 is 2.00 bits per heavy atom. The molecule has 0 radical (unpaired) electrons. The third-order valence-electron chi connectivity index (χ3n) is 3.33. The fourth-order valence-corrected chi connectivity index (χ4v) is 2.36. The highest BCUT2D eigenvalue weighted by atomic mass is 16.4. The van der Waals surface area contributed by atoms with E-state index in [0.717, 1.165) is 12.0 Å². The van der Waals surface area contributed by atoms with Crippen molar-refractivity contribution in [2.24, 2.45) is 0 Å². The van der Waals surface area contributed by atoms with Crippen molar-refractivity contribution in [2.45, 2.75) is 31.7 Å². The Balaban J connectivity index is 1.90. The lowest BCUT2D eigenvalue weighted by molar-refractivity contribution is -0.148. The van der Waals surface area contributed by atoms with Crippen molar-refractivity contribution in [3.8, 4) is 0 Å². The minimum Gasteiger partial charge on any atom is -0.480 e. The van der Waals surface area contributed by atoms with E-state index in [1.54, 1.807) is 0 Å². The lowest BCUT2D eigenvalue weighted by Crippen LogP contribution is -2.40. The zero-order valence-electron chi connectivity index (χ0n) is 10.2. The minimum atomic E-state index is -0.888. The first-order valence-electron chi connectivity index (χ1n) is 6.24. The highest BCUT2D eigenvalue weighted by Gasteiger charge is 2.33. The Morgan fingerprint density at radius 1 is 1.28 bits per heavy atom. The number of carboxylic acids is 1. The summed E-state index contributed by atoms with van der Waals surface area (Å²) in [6, 6.07) is 9.16. The first-order valence-corrected chi connectivity index (χ1v) is 6.24. The Bertz CT molecular complexity index is 430. The van der Waals surface area contributed by atoms with Gasteiger partial charge in [-0.15, -0.1) is 0 Å². The molecule has 1 atom stereocenters.